The molecule has 0 fully saturated rings. The summed E-state index contributed by atoms with van der Waals surface area (Å²) in [4.78, 5) is 18.2. The summed E-state index contributed by atoms with van der Waals surface area (Å²) >= 11 is 0. The van der Waals surface area contributed by atoms with E-state index in [1.165, 1.54) is 6.07 Å². The van der Waals surface area contributed by atoms with Crippen LogP contribution in [0.1, 0.15) is 5.56 Å². The van der Waals surface area contributed by atoms with Crippen LogP contribution in [-0.4, -0.2) is 9.97 Å². The second-order valence-corrected chi connectivity index (χ2v) is 4.35. The second-order valence-electron chi connectivity index (χ2n) is 4.35. The number of nitrogens with zero attached hydrogens (tertiary/aromatic N) is 1. The number of fused-ring (bicyclic) bond motifs is 1. The van der Waals surface area contributed by atoms with Gasteiger partial charge in [0.1, 0.15) is 5.65 Å². The molecule has 0 aliphatic carbocycles. The molecule has 0 amide bonds. The summed E-state index contributed by atoms with van der Waals surface area (Å²) in [5.74, 6) is 0. The number of rotatable bonds is 2. The van der Waals surface area contributed by atoms with E-state index in [1.807, 2.05) is 24.3 Å². The van der Waals surface area contributed by atoms with Crippen LogP contribution in [0.25, 0.3) is 22.2 Å². The predicted octanol–water partition coefficient (Wildman–Crippen LogP) is 2.47. The summed E-state index contributed by atoms with van der Waals surface area (Å²) in [6.07, 6.45) is 1.70. The Kier molecular flexibility index (Phi) is 4.17. The third-order valence-electron chi connectivity index (χ3n) is 3.11. The van der Waals surface area contributed by atoms with Crippen LogP contribution in [0, 0.1) is 0 Å². The molecule has 0 saturated carbocycles. The molecule has 20 heavy (non-hydrogen) atoms. The van der Waals surface area contributed by atoms with Crippen LogP contribution in [-0.2, 0) is 6.54 Å². The monoisotopic (exact) mass is 287 g/mol. The first-order valence-corrected chi connectivity index (χ1v) is 6.05. The van der Waals surface area contributed by atoms with Crippen molar-refractivity contribution < 1.29 is 0 Å². The molecule has 2 heterocycles. The highest BCUT2D eigenvalue weighted by molar-refractivity contribution is 5.92. The zero-order chi connectivity index (χ0) is 13.2. The Morgan fingerprint density at radius 1 is 1.15 bits per heavy atom. The lowest BCUT2D eigenvalue weighted by Gasteiger charge is -2.07. The molecule has 3 N–H and O–H groups in total. The van der Waals surface area contributed by atoms with E-state index in [9.17, 15) is 4.79 Å². The highest BCUT2D eigenvalue weighted by Crippen LogP contribution is 2.26. The average molecular weight is 288 g/mol. The van der Waals surface area contributed by atoms with E-state index < -0.39 is 0 Å². The Bertz CT molecular complexity index is 798. The Balaban J connectivity index is 0.00000147. The molecule has 3 rings (SSSR count). The van der Waals surface area contributed by atoms with E-state index in [1.54, 1.807) is 12.3 Å². The van der Waals surface area contributed by atoms with Gasteiger partial charge in [-0.15, -0.1) is 12.4 Å². The van der Waals surface area contributed by atoms with Crippen LogP contribution >= 0.6 is 12.4 Å². The van der Waals surface area contributed by atoms with Crippen molar-refractivity contribution in [2.75, 3.05) is 0 Å². The third-order valence-corrected chi connectivity index (χ3v) is 3.11. The average Bonchev–Trinajstić information content (AvgIpc) is 2.46. The minimum Gasteiger partial charge on any atom is -0.326 e. The first-order chi connectivity index (χ1) is 9.28. The second kappa shape index (κ2) is 5.86. The van der Waals surface area contributed by atoms with Gasteiger partial charge in [-0.25, -0.2) is 4.98 Å². The Morgan fingerprint density at radius 3 is 2.80 bits per heavy atom. The van der Waals surface area contributed by atoms with Crippen molar-refractivity contribution in [2.24, 2.45) is 5.73 Å². The molecule has 0 saturated heterocycles. The summed E-state index contributed by atoms with van der Waals surface area (Å²) in [5.41, 5.74) is 9.31. The Hall–Kier alpha value is -2.17. The van der Waals surface area contributed by atoms with E-state index in [0.717, 1.165) is 22.1 Å². The molecule has 2 aromatic heterocycles. The topological polar surface area (TPSA) is 71.8 Å². The molecule has 0 spiro atoms. The van der Waals surface area contributed by atoms with Crippen molar-refractivity contribution in [3.05, 3.63) is 64.6 Å². The van der Waals surface area contributed by atoms with E-state index in [4.69, 9.17) is 5.73 Å². The number of benzene rings is 1. The smallest absolute Gasteiger partial charge is 0.249 e. The number of aromatic amines is 1. The molecule has 5 heteroatoms. The maximum Gasteiger partial charge on any atom is 0.249 e. The van der Waals surface area contributed by atoms with Crippen LogP contribution in [0.4, 0.5) is 0 Å². The summed E-state index contributed by atoms with van der Waals surface area (Å²) in [5, 5.41) is 0.927. The van der Waals surface area contributed by atoms with Crippen LogP contribution < -0.4 is 11.3 Å². The van der Waals surface area contributed by atoms with Crippen LogP contribution in [0.5, 0.6) is 0 Å². The van der Waals surface area contributed by atoms with Crippen LogP contribution in [0.15, 0.2) is 53.5 Å². The first kappa shape index (κ1) is 14.2. The van der Waals surface area contributed by atoms with E-state index in [0.29, 0.717) is 12.2 Å². The van der Waals surface area contributed by atoms with Crippen molar-refractivity contribution in [3.8, 4) is 11.1 Å². The molecular formula is C15H14ClN3O. The van der Waals surface area contributed by atoms with Gasteiger partial charge in [0.2, 0.25) is 5.56 Å². The van der Waals surface area contributed by atoms with E-state index in [-0.39, 0.29) is 18.0 Å². The molecule has 0 bridgehead atoms. The van der Waals surface area contributed by atoms with Gasteiger partial charge in [-0.1, -0.05) is 18.2 Å². The number of H-pyrrole nitrogens is 1. The first-order valence-electron chi connectivity index (χ1n) is 6.05. The fraction of sp³-hybridized carbons (Fsp3) is 0.0667. The number of aromatic nitrogens is 2. The normalized spacial score (nSPS) is 10.2. The van der Waals surface area contributed by atoms with Gasteiger partial charge in [-0.3, -0.25) is 4.79 Å². The summed E-state index contributed by atoms with van der Waals surface area (Å²) in [6, 6.07) is 13.3. The number of hydrogen-bond acceptors (Lipinski definition) is 3. The Labute approximate surface area is 122 Å². The lowest BCUT2D eigenvalue weighted by atomic mass is 10.0. The number of pyridine rings is 2. The van der Waals surface area contributed by atoms with Gasteiger partial charge >= 0.3 is 0 Å². The SMILES string of the molecule is Cl.NCc1cccc(-c2ccnc3[nH]c(=O)ccc23)c1. The molecule has 0 atom stereocenters. The summed E-state index contributed by atoms with van der Waals surface area (Å²) < 4.78 is 0. The number of nitrogens with two attached hydrogens (primary N) is 1. The zero-order valence-corrected chi connectivity index (χ0v) is 11.5. The number of halogens is 1. The van der Waals surface area contributed by atoms with Crippen molar-refractivity contribution in [1.29, 1.82) is 0 Å². The minimum absolute atomic E-state index is 0. The fourth-order valence-corrected chi connectivity index (χ4v) is 2.18. The van der Waals surface area contributed by atoms with Gasteiger partial charge in [-0.05, 0) is 34.9 Å². The van der Waals surface area contributed by atoms with Crippen LogP contribution in [0.3, 0.4) is 0 Å². The molecule has 1 aromatic carbocycles. The maximum absolute atomic E-state index is 11.3. The quantitative estimate of drug-likeness (QED) is 0.760. The molecule has 102 valence electrons. The predicted molar refractivity (Wildman–Crippen MR) is 82.9 cm³/mol. The minimum atomic E-state index is -0.146. The molecule has 3 aromatic rings. The van der Waals surface area contributed by atoms with Gasteiger partial charge < -0.3 is 10.7 Å². The molecule has 0 unspecified atom stereocenters. The van der Waals surface area contributed by atoms with Gasteiger partial charge in [0.15, 0.2) is 0 Å². The van der Waals surface area contributed by atoms with Gasteiger partial charge in [0, 0.05) is 24.2 Å². The molecule has 0 aliphatic heterocycles. The highest BCUT2D eigenvalue weighted by atomic mass is 35.5. The number of nitrogens with one attached hydrogen (secondary N) is 1. The van der Waals surface area contributed by atoms with Crippen molar-refractivity contribution in [3.63, 3.8) is 0 Å². The van der Waals surface area contributed by atoms with Crippen molar-refractivity contribution >= 4 is 23.4 Å². The number of hydrogen-bond donors (Lipinski definition) is 2. The highest BCUT2D eigenvalue weighted by Gasteiger charge is 2.05. The maximum atomic E-state index is 11.3. The van der Waals surface area contributed by atoms with Gasteiger partial charge in [0.05, 0.1) is 0 Å². The summed E-state index contributed by atoms with van der Waals surface area (Å²) in [7, 11) is 0. The van der Waals surface area contributed by atoms with Crippen LogP contribution in [0.2, 0.25) is 0 Å². The van der Waals surface area contributed by atoms with Crippen molar-refractivity contribution in [1.82, 2.24) is 9.97 Å². The lowest BCUT2D eigenvalue weighted by Crippen LogP contribution is -2.04. The van der Waals surface area contributed by atoms with Gasteiger partial charge in [0.25, 0.3) is 0 Å². The van der Waals surface area contributed by atoms with E-state index in [2.05, 4.69) is 16.0 Å². The van der Waals surface area contributed by atoms with Gasteiger partial charge in [-0.2, -0.15) is 0 Å². The molecule has 0 aliphatic rings. The third kappa shape index (κ3) is 2.57. The van der Waals surface area contributed by atoms with Crippen molar-refractivity contribution in [2.45, 2.75) is 6.54 Å². The lowest BCUT2D eigenvalue weighted by molar-refractivity contribution is 1.07. The molecule has 0 radical (unpaired) electrons. The molecule has 4 nitrogen and oxygen atoms in total. The van der Waals surface area contributed by atoms with E-state index >= 15 is 0 Å². The standard InChI is InChI=1S/C15H13N3O.ClH/c16-9-10-2-1-3-11(8-10)12-6-7-17-15-13(12)4-5-14(19)18-15;/h1-8H,9,16H2,(H,17,18,19);1H. The largest absolute Gasteiger partial charge is 0.326 e. The Morgan fingerprint density at radius 2 is 2.00 bits per heavy atom. The fourth-order valence-electron chi connectivity index (χ4n) is 2.18. The molecular weight excluding hydrogens is 274 g/mol. The summed E-state index contributed by atoms with van der Waals surface area (Å²) in [6.45, 7) is 0.508. The zero-order valence-electron chi connectivity index (χ0n) is 10.7.